The first-order valence-corrected chi connectivity index (χ1v) is 6.15. The first-order chi connectivity index (χ1) is 9.49. The Hall–Kier alpha value is -2.23. The maximum Gasteiger partial charge on any atom is 0.387 e. The standard InChI is InChI=1S/C16H14F2O2/c1-10-7-8-11(2)13(9-10)15(19)12-5-3-4-6-14(12)20-16(17)18/h3-9,16H,1-2H3. The molecule has 2 rings (SSSR count). The first-order valence-electron chi connectivity index (χ1n) is 6.15. The van der Waals surface area contributed by atoms with Gasteiger partial charge in [0.25, 0.3) is 0 Å². The summed E-state index contributed by atoms with van der Waals surface area (Å²) in [6.45, 7) is 0.726. The number of para-hydroxylation sites is 1. The Morgan fingerprint density at radius 1 is 1.05 bits per heavy atom. The lowest BCUT2D eigenvalue weighted by atomic mass is 9.97. The third-order valence-corrected chi connectivity index (χ3v) is 2.99. The van der Waals surface area contributed by atoms with E-state index in [1.165, 1.54) is 12.1 Å². The highest BCUT2D eigenvalue weighted by atomic mass is 19.3. The molecule has 0 radical (unpaired) electrons. The number of ketones is 1. The van der Waals surface area contributed by atoms with Crippen LogP contribution in [0.5, 0.6) is 5.75 Å². The van der Waals surface area contributed by atoms with Gasteiger partial charge in [0.2, 0.25) is 0 Å². The molecule has 0 bridgehead atoms. The number of ether oxygens (including phenoxy) is 1. The molecule has 0 aliphatic rings. The van der Waals surface area contributed by atoms with Gasteiger partial charge in [-0.2, -0.15) is 8.78 Å². The maximum absolute atomic E-state index is 12.5. The van der Waals surface area contributed by atoms with Gasteiger partial charge in [-0.05, 0) is 37.6 Å². The van der Waals surface area contributed by atoms with Crippen molar-refractivity contribution >= 4 is 5.78 Å². The van der Waals surface area contributed by atoms with Gasteiger partial charge in [-0.1, -0.05) is 29.8 Å². The Morgan fingerprint density at radius 3 is 2.45 bits per heavy atom. The molecule has 0 aromatic heterocycles. The molecule has 2 aromatic rings. The maximum atomic E-state index is 12.5. The largest absolute Gasteiger partial charge is 0.434 e. The zero-order valence-corrected chi connectivity index (χ0v) is 11.2. The number of rotatable bonds is 4. The van der Waals surface area contributed by atoms with Gasteiger partial charge in [0, 0.05) is 5.56 Å². The van der Waals surface area contributed by atoms with Crippen molar-refractivity contribution in [1.82, 2.24) is 0 Å². The molecule has 0 aliphatic carbocycles. The Morgan fingerprint density at radius 2 is 1.75 bits per heavy atom. The highest BCUT2D eigenvalue weighted by Crippen LogP contribution is 2.25. The van der Waals surface area contributed by atoms with Crippen LogP contribution in [0.1, 0.15) is 27.0 Å². The summed E-state index contributed by atoms with van der Waals surface area (Å²) in [6, 6.07) is 11.5. The molecule has 0 saturated heterocycles. The van der Waals surface area contributed by atoms with Crippen molar-refractivity contribution < 1.29 is 18.3 Å². The Balaban J connectivity index is 2.45. The summed E-state index contributed by atoms with van der Waals surface area (Å²) >= 11 is 0. The van der Waals surface area contributed by atoms with Gasteiger partial charge in [-0.15, -0.1) is 0 Å². The fraction of sp³-hybridized carbons (Fsp3) is 0.188. The second-order valence-electron chi connectivity index (χ2n) is 4.52. The van der Waals surface area contributed by atoms with E-state index in [0.717, 1.165) is 11.1 Å². The third-order valence-electron chi connectivity index (χ3n) is 2.99. The van der Waals surface area contributed by atoms with Gasteiger partial charge in [0.15, 0.2) is 5.78 Å². The lowest BCUT2D eigenvalue weighted by Gasteiger charge is -2.11. The molecule has 4 heteroatoms. The first kappa shape index (κ1) is 14.2. The van der Waals surface area contributed by atoms with E-state index >= 15 is 0 Å². The minimum Gasteiger partial charge on any atom is -0.434 e. The molecule has 2 aromatic carbocycles. The molecular formula is C16H14F2O2. The van der Waals surface area contributed by atoms with Crippen molar-refractivity contribution in [3.05, 3.63) is 64.7 Å². The summed E-state index contributed by atoms with van der Waals surface area (Å²) in [7, 11) is 0. The lowest BCUT2D eigenvalue weighted by Crippen LogP contribution is -2.10. The van der Waals surface area contributed by atoms with E-state index in [4.69, 9.17) is 0 Å². The second-order valence-corrected chi connectivity index (χ2v) is 4.52. The van der Waals surface area contributed by atoms with Gasteiger partial charge in [0.05, 0.1) is 5.56 Å². The SMILES string of the molecule is Cc1ccc(C)c(C(=O)c2ccccc2OC(F)F)c1. The van der Waals surface area contributed by atoms with Gasteiger partial charge in [-0.25, -0.2) is 0 Å². The number of aryl methyl sites for hydroxylation is 2. The minimum absolute atomic E-state index is 0.103. The lowest BCUT2D eigenvalue weighted by molar-refractivity contribution is -0.0501. The summed E-state index contributed by atoms with van der Waals surface area (Å²) in [5, 5.41) is 0. The van der Waals surface area contributed by atoms with Gasteiger partial charge < -0.3 is 4.74 Å². The van der Waals surface area contributed by atoms with E-state index in [-0.39, 0.29) is 17.1 Å². The number of alkyl halides is 2. The Kier molecular flexibility index (Phi) is 4.13. The molecule has 0 spiro atoms. The van der Waals surface area contributed by atoms with Crippen molar-refractivity contribution in [1.29, 1.82) is 0 Å². The average molecular weight is 276 g/mol. The zero-order valence-electron chi connectivity index (χ0n) is 11.2. The van der Waals surface area contributed by atoms with Gasteiger partial charge in [0.1, 0.15) is 5.75 Å². The molecule has 0 unspecified atom stereocenters. The number of benzene rings is 2. The Labute approximate surface area is 116 Å². The van der Waals surface area contributed by atoms with Gasteiger partial charge >= 0.3 is 6.61 Å². The molecule has 0 amide bonds. The van der Waals surface area contributed by atoms with Crippen molar-refractivity contribution in [3.63, 3.8) is 0 Å². The molecule has 0 heterocycles. The Bertz CT molecular complexity index is 636. The number of hydrogen-bond donors (Lipinski definition) is 0. The number of carbonyl (C=O) groups is 1. The predicted molar refractivity (Wildman–Crippen MR) is 72.4 cm³/mol. The molecule has 0 fully saturated rings. The van der Waals surface area contributed by atoms with Crippen LogP contribution in [-0.2, 0) is 0 Å². The van der Waals surface area contributed by atoms with E-state index in [0.29, 0.717) is 5.56 Å². The van der Waals surface area contributed by atoms with Crippen molar-refractivity contribution in [2.24, 2.45) is 0 Å². The number of carbonyl (C=O) groups excluding carboxylic acids is 1. The highest BCUT2D eigenvalue weighted by molar-refractivity contribution is 6.11. The summed E-state index contributed by atoms with van der Waals surface area (Å²) in [6.07, 6.45) is 0. The minimum atomic E-state index is -2.96. The number of halogens is 2. The van der Waals surface area contributed by atoms with E-state index in [9.17, 15) is 13.6 Å². The van der Waals surface area contributed by atoms with Crippen LogP contribution in [-0.4, -0.2) is 12.4 Å². The van der Waals surface area contributed by atoms with E-state index < -0.39 is 6.61 Å². The molecule has 20 heavy (non-hydrogen) atoms. The van der Waals surface area contributed by atoms with Crippen LogP contribution in [0.25, 0.3) is 0 Å². The van der Waals surface area contributed by atoms with Crippen LogP contribution in [0.2, 0.25) is 0 Å². The molecular weight excluding hydrogens is 262 g/mol. The normalized spacial score (nSPS) is 10.7. The zero-order chi connectivity index (χ0) is 14.7. The van der Waals surface area contributed by atoms with E-state index in [2.05, 4.69) is 4.74 Å². The predicted octanol–water partition coefficient (Wildman–Crippen LogP) is 4.14. The van der Waals surface area contributed by atoms with Crippen LogP contribution in [0, 0.1) is 13.8 Å². The highest BCUT2D eigenvalue weighted by Gasteiger charge is 2.18. The fourth-order valence-corrected chi connectivity index (χ4v) is 1.98. The summed E-state index contributed by atoms with van der Waals surface area (Å²) < 4.78 is 29.2. The second kappa shape index (κ2) is 5.82. The quantitative estimate of drug-likeness (QED) is 0.785. The van der Waals surface area contributed by atoms with Crippen LogP contribution in [0.3, 0.4) is 0 Å². The van der Waals surface area contributed by atoms with Crippen molar-refractivity contribution in [2.45, 2.75) is 20.5 Å². The van der Waals surface area contributed by atoms with Gasteiger partial charge in [-0.3, -0.25) is 4.79 Å². The topological polar surface area (TPSA) is 26.3 Å². The number of hydrogen-bond acceptors (Lipinski definition) is 2. The molecule has 2 nitrogen and oxygen atoms in total. The van der Waals surface area contributed by atoms with Crippen LogP contribution in [0.4, 0.5) is 8.78 Å². The van der Waals surface area contributed by atoms with Crippen LogP contribution in [0.15, 0.2) is 42.5 Å². The molecule has 104 valence electrons. The molecule has 0 N–H and O–H groups in total. The van der Waals surface area contributed by atoms with Crippen molar-refractivity contribution in [3.8, 4) is 5.75 Å². The average Bonchev–Trinajstić information content (AvgIpc) is 2.41. The summed E-state index contributed by atoms with van der Waals surface area (Å²) in [5.41, 5.74) is 2.37. The molecule has 0 saturated carbocycles. The fourth-order valence-electron chi connectivity index (χ4n) is 1.98. The van der Waals surface area contributed by atoms with Crippen molar-refractivity contribution in [2.75, 3.05) is 0 Å². The third kappa shape index (κ3) is 3.02. The van der Waals surface area contributed by atoms with Crippen LogP contribution >= 0.6 is 0 Å². The van der Waals surface area contributed by atoms with E-state index in [1.807, 2.05) is 26.0 Å². The smallest absolute Gasteiger partial charge is 0.387 e. The molecule has 0 aliphatic heterocycles. The molecule has 0 atom stereocenters. The monoisotopic (exact) mass is 276 g/mol. The summed E-state index contributed by atoms with van der Waals surface area (Å²) in [5.74, 6) is -0.421. The summed E-state index contributed by atoms with van der Waals surface area (Å²) in [4.78, 5) is 12.5. The van der Waals surface area contributed by atoms with Crippen LogP contribution < -0.4 is 4.74 Å². The van der Waals surface area contributed by atoms with E-state index in [1.54, 1.807) is 18.2 Å².